The summed E-state index contributed by atoms with van der Waals surface area (Å²) in [6, 6.07) is 25.6. The van der Waals surface area contributed by atoms with Crippen molar-refractivity contribution < 1.29 is 8.83 Å². The molecule has 0 saturated carbocycles. The minimum Gasteiger partial charge on any atom is -0.443 e. The Kier molecular flexibility index (Phi) is 4.42. The summed E-state index contributed by atoms with van der Waals surface area (Å²) in [6.45, 7) is 0. The fourth-order valence-electron chi connectivity index (χ4n) is 5.36. The Morgan fingerprint density at radius 3 is 1.32 bits per heavy atom. The van der Waals surface area contributed by atoms with Crippen LogP contribution in [0.4, 0.5) is 0 Å². The van der Waals surface area contributed by atoms with Crippen LogP contribution in [-0.2, 0) is 0 Å². The van der Waals surface area contributed by atoms with Crippen LogP contribution in [0, 0.1) is 0 Å². The van der Waals surface area contributed by atoms with Crippen LogP contribution in [0.3, 0.4) is 0 Å². The first-order valence-corrected chi connectivity index (χ1v) is 12.3. The van der Waals surface area contributed by atoms with Gasteiger partial charge in [0.1, 0.15) is 23.9 Å². The zero-order valence-electron chi connectivity index (χ0n) is 20.0. The van der Waals surface area contributed by atoms with E-state index in [1.54, 1.807) is 24.9 Å². The van der Waals surface area contributed by atoms with Gasteiger partial charge in [-0.05, 0) is 55.6 Å². The van der Waals surface area contributed by atoms with Crippen molar-refractivity contribution in [3.8, 4) is 45.4 Å². The monoisotopic (exact) mass is 490 g/mol. The minimum atomic E-state index is 0.516. The molecule has 0 radical (unpaired) electrons. The first-order chi connectivity index (χ1) is 18.8. The van der Waals surface area contributed by atoms with E-state index in [1.165, 1.54) is 32.3 Å². The Bertz CT molecular complexity index is 1890. The number of aromatic nitrogens is 4. The van der Waals surface area contributed by atoms with Crippen molar-refractivity contribution in [2.24, 2.45) is 0 Å². The minimum absolute atomic E-state index is 0.516. The largest absolute Gasteiger partial charge is 0.443 e. The van der Waals surface area contributed by atoms with Gasteiger partial charge in [0.15, 0.2) is 0 Å². The number of oxazole rings is 2. The van der Waals surface area contributed by atoms with Crippen molar-refractivity contribution in [2.45, 2.75) is 0 Å². The molecule has 0 atom stereocenters. The van der Waals surface area contributed by atoms with Gasteiger partial charge in [0.2, 0.25) is 11.8 Å². The molecule has 0 spiro atoms. The molecule has 0 saturated heterocycles. The van der Waals surface area contributed by atoms with Gasteiger partial charge in [-0.15, -0.1) is 0 Å². The number of rotatable bonds is 4. The molecule has 4 heterocycles. The van der Waals surface area contributed by atoms with Gasteiger partial charge in [0, 0.05) is 23.5 Å². The summed E-state index contributed by atoms with van der Waals surface area (Å²) >= 11 is 0. The molecule has 0 aliphatic carbocycles. The second kappa shape index (κ2) is 8.08. The van der Waals surface area contributed by atoms with Crippen molar-refractivity contribution in [3.63, 3.8) is 0 Å². The molecule has 0 N–H and O–H groups in total. The zero-order valence-corrected chi connectivity index (χ0v) is 20.0. The summed E-state index contributed by atoms with van der Waals surface area (Å²) < 4.78 is 10.8. The lowest BCUT2D eigenvalue weighted by molar-refractivity contribution is 0.572. The van der Waals surface area contributed by atoms with Gasteiger partial charge < -0.3 is 8.83 Å². The van der Waals surface area contributed by atoms with E-state index in [0.717, 1.165) is 22.3 Å². The number of benzene rings is 4. The molecule has 4 aromatic heterocycles. The molecule has 0 aliphatic rings. The van der Waals surface area contributed by atoms with Crippen LogP contribution in [0.25, 0.3) is 77.7 Å². The Labute approximate surface area is 216 Å². The predicted octanol–water partition coefficient (Wildman–Crippen LogP) is 8.02. The Morgan fingerprint density at radius 1 is 0.447 bits per heavy atom. The molecule has 38 heavy (non-hydrogen) atoms. The van der Waals surface area contributed by atoms with Gasteiger partial charge in [-0.25, -0.2) is 9.97 Å². The molecule has 0 amide bonds. The van der Waals surface area contributed by atoms with Crippen molar-refractivity contribution in [1.82, 2.24) is 19.9 Å². The first kappa shape index (κ1) is 20.8. The van der Waals surface area contributed by atoms with Crippen molar-refractivity contribution in [1.29, 1.82) is 0 Å². The van der Waals surface area contributed by atoms with Crippen molar-refractivity contribution >= 4 is 32.3 Å². The summed E-state index contributed by atoms with van der Waals surface area (Å²) in [7, 11) is 0. The Hall–Kier alpha value is -5.36. The van der Waals surface area contributed by atoms with Crippen LogP contribution >= 0.6 is 0 Å². The fraction of sp³-hybridized carbons (Fsp3) is 0. The summed E-state index contributed by atoms with van der Waals surface area (Å²) in [4.78, 5) is 17.6. The topological polar surface area (TPSA) is 77.8 Å². The molecule has 6 heteroatoms. The average Bonchev–Trinajstić information content (AvgIpc) is 3.72. The lowest BCUT2D eigenvalue weighted by Crippen LogP contribution is -1.91. The maximum Gasteiger partial charge on any atom is 0.244 e. The third-order valence-electron chi connectivity index (χ3n) is 7.12. The van der Waals surface area contributed by atoms with Crippen LogP contribution in [0.2, 0.25) is 0 Å². The van der Waals surface area contributed by atoms with Crippen molar-refractivity contribution in [3.05, 3.63) is 110 Å². The van der Waals surface area contributed by atoms with Gasteiger partial charge in [-0.1, -0.05) is 60.7 Å². The lowest BCUT2D eigenvalue weighted by Gasteiger charge is -2.16. The molecular formula is C32H18N4O2. The molecule has 0 fully saturated rings. The zero-order chi connectivity index (χ0) is 25.1. The molecule has 8 rings (SSSR count). The average molecular weight is 491 g/mol. The second-order valence-corrected chi connectivity index (χ2v) is 9.19. The second-order valence-electron chi connectivity index (χ2n) is 9.19. The van der Waals surface area contributed by atoms with E-state index in [2.05, 4.69) is 80.6 Å². The van der Waals surface area contributed by atoms with Gasteiger partial charge in [-0.2, -0.15) is 0 Å². The highest BCUT2D eigenvalue weighted by molar-refractivity contribution is 6.27. The van der Waals surface area contributed by atoms with Gasteiger partial charge in [0.05, 0.1) is 12.4 Å². The van der Waals surface area contributed by atoms with E-state index in [9.17, 15) is 0 Å². The van der Waals surface area contributed by atoms with Crippen LogP contribution in [-0.4, -0.2) is 19.9 Å². The quantitative estimate of drug-likeness (QED) is 0.233. The maximum absolute atomic E-state index is 5.40. The SMILES string of the molecule is c1coc(-c2ccc(-c3ccc4ccc5c(-c6ccc(-c7ncco7)nc6)ccc6ccc3c4c65)cn2)n1. The molecule has 178 valence electrons. The van der Waals surface area contributed by atoms with Crippen LogP contribution < -0.4 is 0 Å². The van der Waals surface area contributed by atoms with Crippen LogP contribution in [0.5, 0.6) is 0 Å². The molecule has 6 nitrogen and oxygen atoms in total. The van der Waals surface area contributed by atoms with E-state index in [-0.39, 0.29) is 0 Å². The molecule has 0 bridgehead atoms. The molecule has 8 aromatic rings. The summed E-state index contributed by atoms with van der Waals surface area (Å²) in [6.07, 6.45) is 10.1. The van der Waals surface area contributed by atoms with Crippen molar-refractivity contribution in [2.75, 3.05) is 0 Å². The maximum atomic E-state index is 5.40. The molecule has 4 aromatic carbocycles. The molecular weight excluding hydrogens is 472 g/mol. The number of hydrogen-bond donors (Lipinski definition) is 0. The lowest BCUT2D eigenvalue weighted by atomic mass is 9.87. The fourth-order valence-corrected chi connectivity index (χ4v) is 5.36. The molecule has 0 aliphatic heterocycles. The highest BCUT2D eigenvalue weighted by atomic mass is 16.3. The normalized spacial score (nSPS) is 11.7. The summed E-state index contributed by atoms with van der Waals surface area (Å²) in [5, 5.41) is 7.31. The van der Waals surface area contributed by atoms with E-state index in [0.29, 0.717) is 23.2 Å². The smallest absolute Gasteiger partial charge is 0.244 e. The Morgan fingerprint density at radius 2 is 0.921 bits per heavy atom. The summed E-state index contributed by atoms with van der Waals surface area (Å²) in [5.74, 6) is 1.03. The number of pyridine rings is 2. The standard InChI is InChI=1S/C32H18N4O2/c1-7-23(21-5-11-27(35-17-21)31-33-13-15-37-31)25-10-4-20-2-8-24(26-9-3-19(1)29(25)30(20)26)22-6-12-28(36-18-22)32-34-14-16-38-32/h1-18H. The number of hydrogen-bond acceptors (Lipinski definition) is 6. The van der Waals surface area contributed by atoms with E-state index >= 15 is 0 Å². The highest BCUT2D eigenvalue weighted by Crippen LogP contribution is 2.42. The third kappa shape index (κ3) is 3.14. The third-order valence-corrected chi connectivity index (χ3v) is 7.12. The van der Waals surface area contributed by atoms with Gasteiger partial charge >= 0.3 is 0 Å². The van der Waals surface area contributed by atoms with Gasteiger partial charge in [0.25, 0.3) is 0 Å². The Balaban J connectivity index is 1.29. The van der Waals surface area contributed by atoms with Gasteiger partial charge in [-0.3, -0.25) is 9.97 Å². The van der Waals surface area contributed by atoms with E-state index < -0.39 is 0 Å². The predicted molar refractivity (Wildman–Crippen MR) is 148 cm³/mol. The summed E-state index contributed by atoms with van der Waals surface area (Å²) in [5.41, 5.74) is 5.79. The first-order valence-electron chi connectivity index (χ1n) is 12.3. The molecule has 0 unspecified atom stereocenters. The number of nitrogens with zero attached hydrogens (tertiary/aromatic N) is 4. The van der Waals surface area contributed by atoms with Crippen LogP contribution in [0.15, 0.2) is 119 Å². The highest BCUT2D eigenvalue weighted by Gasteiger charge is 2.16. The van der Waals surface area contributed by atoms with E-state index in [1.807, 2.05) is 24.5 Å². The van der Waals surface area contributed by atoms with E-state index in [4.69, 9.17) is 8.83 Å². The van der Waals surface area contributed by atoms with Crippen LogP contribution in [0.1, 0.15) is 0 Å².